The van der Waals surface area contributed by atoms with E-state index in [9.17, 15) is 4.39 Å². The van der Waals surface area contributed by atoms with Crippen molar-refractivity contribution in [3.63, 3.8) is 0 Å². The second kappa shape index (κ2) is 9.11. The molecular weight excluding hydrogens is 405 g/mol. The maximum absolute atomic E-state index is 14.1. The summed E-state index contributed by atoms with van der Waals surface area (Å²) in [5, 5.41) is 0. The van der Waals surface area contributed by atoms with Crippen molar-refractivity contribution < 1.29 is 4.39 Å². The van der Waals surface area contributed by atoms with Crippen molar-refractivity contribution in [2.45, 2.75) is 59.2 Å². The first kappa shape index (κ1) is 24.7. The van der Waals surface area contributed by atoms with Gasteiger partial charge in [0.1, 0.15) is 6.17 Å². The Morgan fingerprint density at radius 3 is 2.30 bits per heavy atom. The van der Waals surface area contributed by atoms with Crippen molar-refractivity contribution in [1.82, 2.24) is 4.90 Å². The normalized spacial score (nSPS) is 33.3. The Morgan fingerprint density at radius 2 is 1.82 bits per heavy atom. The van der Waals surface area contributed by atoms with E-state index >= 15 is 0 Å². The van der Waals surface area contributed by atoms with Gasteiger partial charge in [-0.05, 0) is 63.3 Å². The van der Waals surface area contributed by atoms with Gasteiger partial charge in [0.05, 0.1) is 16.9 Å². The second-order valence-electron chi connectivity index (χ2n) is 10.5. The predicted octanol–water partition coefficient (Wildman–Crippen LogP) is 7.10. The maximum atomic E-state index is 14.1. The fourth-order valence-corrected chi connectivity index (χ4v) is 4.67. The van der Waals surface area contributed by atoms with Gasteiger partial charge in [0.2, 0.25) is 0 Å². The molecule has 0 aromatic rings. The minimum Gasteiger partial charge on any atom is -0.367 e. The van der Waals surface area contributed by atoms with Crippen molar-refractivity contribution in [1.29, 1.82) is 0 Å². The van der Waals surface area contributed by atoms with Gasteiger partial charge in [0.15, 0.2) is 0 Å². The van der Waals surface area contributed by atoms with Gasteiger partial charge in [-0.2, -0.15) is 0 Å². The highest BCUT2D eigenvalue weighted by Crippen LogP contribution is 2.54. The first-order valence-corrected chi connectivity index (χ1v) is 11.6. The Bertz CT molecular complexity index is 1090. The summed E-state index contributed by atoms with van der Waals surface area (Å²) in [6, 6.07) is -0.0609. The number of halogens is 1. The maximum Gasteiger partial charge on any atom is 0.109 e. The average Bonchev–Trinajstić information content (AvgIpc) is 3.38. The van der Waals surface area contributed by atoms with Crippen molar-refractivity contribution in [2.24, 2.45) is 16.2 Å². The van der Waals surface area contributed by atoms with E-state index in [2.05, 4.69) is 86.1 Å². The molecule has 1 saturated carbocycles. The van der Waals surface area contributed by atoms with Crippen molar-refractivity contribution in [3.8, 4) is 24.2 Å². The standard InChI is InChI=1S/C31H36FN/c1-9-29(5)18-13-25(14-19-29)12-10-11-17-30(6)20-15-26(16-21-30)24(4)33(8)28(23(2)3)31(7)22-27(31)32/h1,10,12-16,18,20,27-28H,2,4,19,21-22H2,3,5-8H3. The lowest BCUT2D eigenvalue weighted by molar-refractivity contribution is 0.219. The SMILES string of the molecule is C#CC1(C)C=CC(C=CC#CC2(C)C=CC(C(=C)N(C)C(C(=C)C)C3(C)CC3F)=CC2)=CC1. The lowest BCUT2D eigenvalue weighted by Crippen LogP contribution is -2.39. The van der Waals surface area contributed by atoms with Crippen LogP contribution in [-0.4, -0.2) is 24.2 Å². The molecule has 0 saturated heterocycles. The minimum atomic E-state index is -0.779. The third-order valence-corrected chi connectivity index (χ3v) is 7.24. The summed E-state index contributed by atoms with van der Waals surface area (Å²) < 4.78 is 14.1. The summed E-state index contributed by atoms with van der Waals surface area (Å²) in [5.74, 6) is 9.41. The molecule has 0 bridgehead atoms. The quantitative estimate of drug-likeness (QED) is 0.314. The van der Waals surface area contributed by atoms with Gasteiger partial charge in [-0.3, -0.25) is 0 Å². The van der Waals surface area contributed by atoms with Crippen LogP contribution in [-0.2, 0) is 0 Å². The van der Waals surface area contributed by atoms with Crippen molar-refractivity contribution >= 4 is 0 Å². The van der Waals surface area contributed by atoms with Crippen molar-refractivity contribution in [2.75, 3.05) is 7.05 Å². The van der Waals surface area contributed by atoms with E-state index in [1.165, 1.54) is 0 Å². The second-order valence-corrected chi connectivity index (χ2v) is 10.5. The number of allylic oxidation sites excluding steroid dienone is 9. The van der Waals surface area contributed by atoms with Crippen LogP contribution in [0, 0.1) is 40.4 Å². The number of rotatable bonds is 6. The largest absolute Gasteiger partial charge is 0.367 e. The third kappa shape index (κ3) is 5.34. The fourth-order valence-electron chi connectivity index (χ4n) is 4.67. The first-order chi connectivity index (χ1) is 15.4. The average molecular weight is 442 g/mol. The fraction of sp³-hybridized carbons (Fsp3) is 0.419. The number of nitrogens with zero attached hydrogens (tertiary/aromatic N) is 1. The molecule has 5 unspecified atom stereocenters. The summed E-state index contributed by atoms with van der Waals surface area (Å²) >= 11 is 0. The highest BCUT2D eigenvalue weighted by molar-refractivity contribution is 5.45. The topological polar surface area (TPSA) is 3.24 Å². The van der Waals surface area contributed by atoms with Gasteiger partial charge in [-0.15, -0.1) is 6.42 Å². The highest BCUT2D eigenvalue weighted by Gasteiger charge is 2.58. The summed E-state index contributed by atoms with van der Waals surface area (Å²) in [6.07, 6.45) is 23.7. The van der Waals surface area contributed by atoms with Gasteiger partial charge >= 0.3 is 0 Å². The van der Waals surface area contributed by atoms with Gasteiger partial charge in [0.25, 0.3) is 0 Å². The smallest absolute Gasteiger partial charge is 0.109 e. The lowest BCUT2D eigenvalue weighted by Gasteiger charge is -2.37. The monoisotopic (exact) mass is 441 g/mol. The van der Waals surface area contributed by atoms with E-state index in [1.807, 2.05) is 33.0 Å². The van der Waals surface area contributed by atoms with Gasteiger partial charge in [-0.25, -0.2) is 4.39 Å². The molecule has 172 valence electrons. The molecule has 0 aromatic carbocycles. The van der Waals surface area contributed by atoms with Crippen LogP contribution in [0.5, 0.6) is 0 Å². The summed E-state index contributed by atoms with van der Waals surface area (Å²) in [5.41, 5.74) is 3.27. The van der Waals surface area contributed by atoms with Crippen LogP contribution in [0.2, 0.25) is 0 Å². The third-order valence-electron chi connectivity index (χ3n) is 7.24. The zero-order valence-electron chi connectivity index (χ0n) is 20.7. The molecule has 33 heavy (non-hydrogen) atoms. The van der Waals surface area contributed by atoms with E-state index in [0.29, 0.717) is 6.42 Å². The van der Waals surface area contributed by atoms with Crippen LogP contribution in [0.3, 0.4) is 0 Å². The molecule has 2 heteroatoms. The van der Waals surface area contributed by atoms with Gasteiger partial charge < -0.3 is 4.90 Å². The summed E-state index contributed by atoms with van der Waals surface area (Å²) in [4.78, 5) is 2.09. The molecule has 0 aromatic heterocycles. The Labute approximate surface area is 200 Å². The Hall–Kier alpha value is -2.97. The van der Waals surface area contributed by atoms with Crippen molar-refractivity contribution in [3.05, 3.63) is 84.2 Å². The predicted molar refractivity (Wildman–Crippen MR) is 139 cm³/mol. The molecule has 0 radical (unpaired) electrons. The molecular formula is C31H36FN. The molecule has 0 N–H and O–H groups in total. The molecule has 0 heterocycles. The van der Waals surface area contributed by atoms with E-state index in [-0.39, 0.29) is 22.3 Å². The Morgan fingerprint density at radius 1 is 1.18 bits per heavy atom. The molecule has 3 aliphatic rings. The van der Waals surface area contributed by atoms with Crippen LogP contribution >= 0.6 is 0 Å². The van der Waals surface area contributed by atoms with Gasteiger partial charge in [0, 0.05) is 18.2 Å². The van der Waals surface area contributed by atoms with Crippen LogP contribution in [0.4, 0.5) is 4.39 Å². The molecule has 3 aliphatic carbocycles. The van der Waals surface area contributed by atoms with E-state index in [4.69, 9.17) is 6.42 Å². The molecule has 0 amide bonds. The Balaban J connectivity index is 1.62. The lowest BCUT2D eigenvalue weighted by atomic mass is 9.81. The van der Waals surface area contributed by atoms with Crippen LogP contribution < -0.4 is 0 Å². The van der Waals surface area contributed by atoms with Crippen LogP contribution in [0.1, 0.15) is 47.0 Å². The van der Waals surface area contributed by atoms with Gasteiger partial charge in [-0.1, -0.05) is 79.9 Å². The zero-order valence-corrected chi connectivity index (χ0v) is 20.7. The van der Waals surface area contributed by atoms with E-state index < -0.39 is 6.17 Å². The molecule has 5 atom stereocenters. The number of hydrogen-bond acceptors (Lipinski definition) is 1. The molecule has 1 fully saturated rings. The number of hydrogen-bond donors (Lipinski definition) is 0. The molecule has 0 spiro atoms. The first-order valence-electron chi connectivity index (χ1n) is 11.6. The van der Waals surface area contributed by atoms with E-state index in [1.54, 1.807) is 0 Å². The Kier molecular flexibility index (Phi) is 6.81. The number of alkyl halides is 1. The number of likely N-dealkylation sites (N-methyl/N-ethyl adjacent to an activating group) is 1. The molecule has 1 nitrogen and oxygen atoms in total. The highest BCUT2D eigenvalue weighted by atomic mass is 19.1. The van der Waals surface area contributed by atoms with E-state index in [0.717, 1.165) is 35.3 Å². The minimum absolute atomic E-state index is 0.0609. The number of terminal acetylenes is 1. The molecule has 0 aliphatic heterocycles. The zero-order chi connectivity index (χ0) is 24.4. The molecule has 3 rings (SSSR count). The van der Waals surface area contributed by atoms with Crippen LogP contribution in [0.25, 0.3) is 0 Å². The van der Waals surface area contributed by atoms with Crippen LogP contribution in [0.15, 0.2) is 84.2 Å². The summed E-state index contributed by atoms with van der Waals surface area (Å²) in [6.45, 7) is 16.6. The summed E-state index contributed by atoms with van der Waals surface area (Å²) in [7, 11) is 1.99.